The number of H-pyrrole nitrogens is 1. The van der Waals surface area contributed by atoms with Crippen molar-refractivity contribution >= 4 is 17.4 Å². The van der Waals surface area contributed by atoms with E-state index in [1.165, 1.54) is 0 Å². The van der Waals surface area contributed by atoms with E-state index in [2.05, 4.69) is 20.5 Å². The third kappa shape index (κ3) is 2.91. The van der Waals surface area contributed by atoms with Gasteiger partial charge in [-0.3, -0.25) is 14.7 Å². The molecular formula is C23H16N4O2. The molecular weight excluding hydrogens is 364 g/mol. The molecule has 5 rings (SSSR count). The van der Waals surface area contributed by atoms with E-state index in [1.807, 2.05) is 55.5 Å². The summed E-state index contributed by atoms with van der Waals surface area (Å²) in [6.45, 7) is 1.83. The number of benzene rings is 3. The Hall–Kier alpha value is -4.06. The SMILES string of the molecule is Cc1nc(-c2cccc(NC(=O)c3ccc4c(c3)C(=O)c3ccccc3-4)c2)n[nH]1. The monoisotopic (exact) mass is 380 g/mol. The normalized spacial score (nSPS) is 11.8. The summed E-state index contributed by atoms with van der Waals surface area (Å²) in [5.74, 6) is 0.963. The molecule has 1 aliphatic carbocycles. The molecule has 1 aromatic heterocycles. The summed E-state index contributed by atoms with van der Waals surface area (Å²) < 4.78 is 0. The smallest absolute Gasteiger partial charge is 0.255 e. The van der Waals surface area contributed by atoms with Crippen LogP contribution in [0.5, 0.6) is 0 Å². The first kappa shape index (κ1) is 17.1. The summed E-state index contributed by atoms with van der Waals surface area (Å²) in [6, 6.07) is 20.1. The second-order valence-electron chi connectivity index (χ2n) is 6.91. The molecule has 29 heavy (non-hydrogen) atoms. The molecule has 0 atom stereocenters. The highest BCUT2D eigenvalue weighted by molar-refractivity contribution is 6.22. The van der Waals surface area contributed by atoms with Gasteiger partial charge in [0.15, 0.2) is 11.6 Å². The van der Waals surface area contributed by atoms with Crippen molar-refractivity contribution in [1.29, 1.82) is 0 Å². The molecule has 0 spiro atoms. The lowest BCUT2D eigenvalue weighted by Gasteiger charge is -2.08. The number of hydrogen-bond acceptors (Lipinski definition) is 4. The first-order valence-corrected chi connectivity index (χ1v) is 9.19. The molecule has 3 aromatic carbocycles. The molecule has 6 nitrogen and oxygen atoms in total. The van der Waals surface area contributed by atoms with Crippen molar-refractivity contribution in [1.82, 2.24) is 15.2 Å². The van der Waals surface area contributed by atoms with Crippen molar-refractivity contribution < 1.29 is 9.59 Å². The van der Waals surface area contributed by atoms with Crippen molar-refractivity contribution in [2.24, 2.45) is 0 Å². The standard InChI is InChI=1S/C23H16N4O2/c1-13-24-22(27-26-13)14-5-4-6-16(11-14)25-23(29)15-9-10-18-17-7-2-3-8-19(17)21(28)20(18)12-15/h2-12H,1H3,(H,25,29)(H,24,26,27). The van der Waals surface area contributed by atoms with Gasteiger partial charge in [-0.1, -0.05) is 42.5 Å². The van der Waals surface area contributed by atoms with Crippen LogP contribution in [0.2, 0.25) is 0 Å². The number of carbonyl (C=O) groups excluding carboxylic acids is 2. The van der Waals surface area contributed by atoms with Crippen molar-refractivity contribution in [2.75, 3.05) is 5.32 Å². The van der Waals surface area contributed by atoms with Gasteiger partial charge in [0.05, 0.1) is 0 Å². The predicted octanol–water partition coefficient (Wildman–Crippen LogP) is 4.24. The minimum Gasteiger partial charge on any atom is -0.322 e. The van der Waals surface area contributed by atoms with Crippen LogP contribution in [-0.2, 0) is 0 Å². The molecule has 2 N–H and O–H groups in total. The minimum absolute atomic E-state index is 0.0489. The molecule has 1 aliphatic rings. The van der Waals surface area contributed by atoms with E-state index in [0.717, 1.165) is 22.5 Å². The number of amides is 1. The van der Waals surface area contributed by atoms with E-state index in [1.54, 1.807) is 18.2 Å². The number of fused-ring (bicyclic) bond motifs is 3. The number of nitrogens with zero attached hydrogens (tertiary/aromatic N) is 2. The Balaban J connectivity index is 1.42. The van der Waals surface area contributed by atoms with Crippen LogP contribution in [0.25, 0.3) is 22.5 Å². The molecule has 6 heteroatoms. The summed E-state index contributed by atoms with van der Waals surface area (Å²) in [7, 11) is 0. The van der Waals surface area contributed by atoms with Gasteiger partial charge in [0.2, 0.25) is 0 Å². The zero-order valence-corrected chi connectivity index (χ0v) is 15.6. The van der Waals surface area contributed by atoms with Gasteiger partial charge in [-0.2, -0.15) is 5.10 Å². The van der Waals surface area contributed by atoms with E-state index in [-0.39, 0.29) is 11.7 Å². The van der Waals surface area contributed by atoms with Gasteiger partial charge in [-0.05, 0) is 42.3 Å². The van der Waals surface area contributed by atoms with Gasteiger partial charge in [0.25, 0.3) is 5.91 Å². The minimum atomic E-state index is -0.278. The Labute approximate surface area is 166 Å². The number of carbonyl (C=O) groups is 2. The van der Waals surface area contributed by atoms with E-state index < -0.39 is 0 Å². The fourth-order valence-corrected chi connectivity index (χ4v) is 3.58. The van der Waals surface area contributed by atoms with E-state index in [9.17, 15) is 9.59 Å². The quantitative estimate of drug-likeness (QED) is 0.490. The average Bonchev–Trinajstić information content (AvgIpc) is 3.30. The lowest BCUT2D eigenvalue weighted by molar-refractivity contribution is 0.102. The highest BCUT2D eigenvalue weighted by Gasteiger charge is 2.27. The molecule has 0 aliphatic heterocycles. The van der Waals surface area contributed by atoms with E-state index in [0.29, 0.717) is 28.2 Å². The van der Waals surface area contributed by atoms with Crippen LogP contribution in [0.1, 0.15) is 32.1 Å². The first-order chi connectivity index (χ1) is 14.1. The van der Waals surface area contributed by atoms with Gasteiger partial charge in [0, 0.05) is 27.9 Å². The maximum atomic E-state index is 12.8. The molecule has 140 valence electrons. The Morgan fingerprint density at radius 2 is 1.69 bits per heavy atom. The van der Waals surface area contributed by atoms with Crippen LogP contribution in [0, 0.1) is 6.92 Å². The Morgan fingerprint density at radius 1 is 0.897 bits per heavy atom. The third-order valence-corrected chi connectivity index (χ3v) is 4.96. The third-order valence-electron chi connectivity index (χ3n) is 4.96. The number of aromatic nitrogens is 3. The van der Waals surface area contributed by atoms with Gasteiger partial charge < -0.3 is 5.32 Å². The largest absolute Gasteiger partial charge is 0.322 e. The highest BCUT2D eigenvalue weighted by atomic mass is 16.1. The molecule has 0 saturated carbocycles. The van der Waals surface area contributed by atoms with Crippen LogP contribution < -0.4 is 5.32 Å². The molecule has 1 heterocycles. The predicted molar refractivity (Wildman–Crippen MR) is 110 cm³/mol. The number of nitrogens with one attached hydrogen (secondary N) is 2. The average molecular weight is 380 g/mol. The van der Waals surface area contributed by atoms with E-state index >= 15 is 0 Å². The van der Waals surface area contributed by atoms with Crippen LogP contribution in [0.4, 0.5) is 5.69 Å². The Bertz CT molecular complexity index is 1290. The Morgan fingerprint density at radius 3 is 2.48 bits per heavy atom. The maximum Gasteiger partial charge on any atom is 0.255 e. The van der Waals surface area contributed by atoms with Crippen molar-refractivity contribution in [3.63, 3.8) is 0 Å². The molecule has 4 aromatic rings. The van der Waals surface area contributed by atoms with Crippen molar-refractivity contribution in [2.45, 2.75) is 6.92 Å². The highest BCUT2D eigenvalue weighted by Crippen LogP contribution is 2.36. The second-order valence-corrected chi connectivity index (χ2v) is 6.91. The summed E-state index contributed by atoms with van der Waals surface area (Å²) >= 11 is 0. The van der Waals surface area contributed by atoms with Crippen molar-refractivity contribution in [3.8, 4) is 22.5 Å². The summed E-state index contributed by atoms with van der Waals surface area (Å²) in [5.41, 5.74) is 4.87. The number of hydrogen-bond donors (Lipinski definition) is 2. The summed E-state index contributed by atoms with van der Waals surface area (Å²) in [6.07, 6.45) is 0. The number of ketones is 1. The number of rotatable bonds is 3. The van der Waals surface area contributed by atoms with Crippen molar-refractivity contribution in [3.05, 3.63) is 89.2 Å². The number of anilines is 1. The van der Waals surface area contributed by atoms with Gasteiger partial charge in [-0.25, -0.2) is 4.98 Å². The zero-order chi connectivity index (χ0) is 20.0. The van der Waals surface area contributed by atoms with E-state index in [4.69, 9.17) is 0 Å². The van der Waals surface area contributed by atoms with Crippen LogP contribution in [0.3, 0.4) is 0 Å². The fraction of sp³-hybridized carbons (Fsp3) is 0.0435. The maximum absolute atomic E-state index is 12.8. The second kappa shape index (κ2) is 6.53. The topological polar surface area (TPSA) is 87.7 Å². The van der Waals surface area contributed by atoms with Crippen LogP contribution in [-0.4, -0.2) is 26.9 Å². The Kier molecular flexibility index (Phi) is 3.84. The van der Waals surface area contributed by atoms with Gasteiger partial charge >= 0.3 is 0 Å². The molecule has 0 bridgehead atoms. The molecule has 0 radical (unpaired) electrons. The van der Waals surface area contributed by atoms with Crippen LogP contribution >= 0.6 is 0 Å². The molecule has 0 saturated heterocycles. The fourth-order valence-electron chi connectivity index (χ4n) is 3.58. The zero-order valence-electron chi connectivity index (χ0n) is 15.6. The lowest BCUT2D eigenvalue weighted by Crippen LogP contribution is -2.12. The molecule has 1 amide bonds. The van der Waals surface area contributed by atoms with Gasteiger partial charge in [-0.15, -0.1) is 0 Å². The molecule has 0 fully saturated rings. The number of aryl methyl sites for hydroxylation is 1. The number of aromatic amines is 1. The first-order valence-electron chi connectivity index (χ1n) is 9.19. The lowest BCUT2D eigenvalue weighted by atomic mass is 10.0. The van der Waals surface area contributed by atoms with Gasteiger partial charge in [0.1, 0.15) is 5.82 Å². The van der Waals surface area contributed by atoms with Crippen LogP contribution in [0.15, 0.2) is 66.7 Å². The summed E-state index contributed by atoms with van der Waals surface area (Å²) in [5, 5.41) is 9.84. The summed E-state index contributed by atoms with van der Waals surface area (Å²) in [4.78, 5) is 29.8. The molecule has 0 unspecified atom stereocenters.